The van der Waals surface area contributed by atoms with Crippen molar-refractivity contribution in [2.24, 2.45) is 0 Å². The summed E-state index contributed by atoms with van der Waals surface area (Å²) in [6, 6.07) is 3.82. The molecule has 0 unspecified atom stereocenters. The van der Waals surface area contributed by atoms with Gasteiger partial charge in [0.15, 0.2) is 0 Å². The molecule has 0 radical (unpaired) electrons. The zero-order chi connectivity index (χ0) is 13.2. The number of benzene rings is 1. The number of ether oxygens (including phenoxy) is 1. The van der Waals surface area contributed by atoms with Crippen molar-refractivity contribution >= 4 is 39.5 Å². The first-order valence-corrected chi connectivity index (χ1v) is 5.81. The number of carbonyl (C=O) groups is 2. The van der Waals surface area contributed by atoms with Crippen molar-refractivity contribution in [3.05, 3.63) is 28.8 Å². The van der Waals surface area contributed by atoms with Crippen LogP contribution < -0.4 is 9.84 Å². The summed E-state index contributed by atoms with van der Waals surface area (Å²) in [5.74, 6) is -1.71. The zero-order valence-electron chi connectivity index (χ0n) is 9.12. The Morgan fingerprint density at radius 3 is 2.41 bits per heavy atom. The van der Waals surface area contributed by atoms with E-state index >= 15 is 0 Å². The molecule has 0 saturated heterocycles. The van der Waals surface area contributed by atoms with Crippen molar-refractivity contribution in [1.29, 1.82) is 0 Å². The van der Waals surface area contributed by atoms with Gasteiger partial charge in [0.25, 0.3) is 0 Å². The van der Waals surface area contributed by atoms with Crippen molar-refractivity contribution in [3.63, 3.8) is 0 Å². The Kier molecular flexibility index (Phi) is 4.16. The van der Waals surface area contributed by atoms with Crippen LogP contribution in [0, 0.1) is 0 Å². The number of carboxylic acid groups (broad SMARTS) is 1. The lowest BCUT2D eigenvalue weighted by atomic mass is 10.2. The number of aromatic carboxylic acids is 1. The quantitative estimate of drug-likeness (QED) is 0.484. The lowest BCUT2D eigenvalue weighted by molar-refractivity contribution is -0.255. The van der Waals surface area contributed by atoms with Crippen molar-refractivity contribution in [2.45, 2.75) is 18.2 Å². The van der Waals surface area contributed by atoms with Gasteiger partial charge in [-0.15, -0.1) is 0 Å². The largest absolute Gasteiger partial charge is 0.545 e. The summed E-state index contributed by atoms with van der Waals surface area (Å²) in [4.78, 5) is 22.1. The molecule has 0 aliphatic heterocycles. The van der Waals surface area contributed by atoms with E-state index in [4.69, 9.17) is 16.3 Å². The first-order chi connectivity index (χ1) is 7.71. The fraction of sp³-hybridized carbons (Fsp3) is 0.273. The predicted octanol–water partition coefficient (Wildman–Crippen LogP) is 1.78. The second kappa shape index (κ2) is 5.06. The third kappa shape index (κ3) is 3.71. The van der Waals surface area contributed by atoms with Gasteiger partial charge in [0.2, 0.25) is 0 Å². The van der Waals surface area contributed by atoms with Gasteiger partial charge in [0.05, 0.1) is 11.0 Å². The van der Waals surface area contributed by atoms with Crippen LogP contribution in [-0.4, -0.2) is 16.3 Å². The monoisotopic (exact) mass is 319 g/mol. The van der Waals surface area contributed by atoms with Gasteiger partial charge in [-0.2, -0.15) is 0 Å². The fourth-order valence-corrected chi connectivity index (χ4v) is 1.28. The number of rotatable bonds is 3. The maximum Gasteiger partial charge on any atom is 0.327 e. The second-order valence-electron chi connectivity index (χ2n) is 3.79. The molecule has 0 atom stereocenters. The van der Waals surface area contributed by atoms with Gasteiger partial charge in [0, 0.05) is 11.6 Å². The number of halogens is 2. The van der Waals surface area contributed by atoms with E-state index in [9.17, 15) is 14.7 Å². The molecular weight excluding hydrogens is 311 g/mol. The van der Waals surface area contributed by atoms with Gasteiger partial charge in [-0.05, 0) is 26.0 Å². The molecular formula is C11H9BrClO4-. The summed E-state index contributed by atoms with van der Waals surface area (Å²) in [6.45, 7) is 3.26. The van der Waals surface area contributed by atoms with Crippen LogP contribution in [0.25, 0.3) is 0 Å². The lowest BCUT2D eigenvalue weighted by Gasteiger charge is -2.15. The molecule has 0 aromatic heterocycles. The van der Waals surface area contributed by atoms with Crippen LogP contribution in [0.2, 0.25) is 5.02 Å². The molecule has 6 heteroatoms. The van der Waals surface area contributed by atoms with Crippen molar-refractivity contribution in [3.8, 4) is 5.75 Å². The molecule has 92 valence electrons. The Balaban J connectivity index is 2.92. The topological polar surface area (TPSA) is 66.4 Å². The third-order valence-electron chi connectivity index (χ3n) is 1.86. The summed E-state index contributed by atoms with van der Waals surface area (Å²) >= 11 is 8.84. The molecule has 0 spiro atoms. The fourth-order valence-electron chi connectivity index (χ4n) is 0.953. The van der Waals surface area contributed by atoms with E-state index < -0.39 is 16.3 Å². The van der Waals surface area contributed by atoms with Gasteiger partial charge in [0.1, 0.15) is 10.1 Å². The lowest BCUT2D eigenvalue weighted by Crippen LogP contribution is -2.29. The van der Waals surface area contributed by atoms with Crippen LogP contribution in [0.1, 0.15) is 24.2 Å². The number of alkyl halides is 1. The maximum absolute atomic E-state index is 11.5. The standard InChI is InChI=1S/C11H10BrClO4/c1-11(2,12)10(16)17-6-3-4-7(9(14)15)8(13)5-6/h3-5H,1-2H3,(H,14,15)/p-1. The predicted molar refractivity (Wildman–Crippen MR) is 64.4 cm³/mol. The van der Waals surface area contributed by atoms with Crippen LogP contribution in [-0.2, 0) is 4.79 Å². The summed E-state index contributed by atoms with van der Waals surface area (Å²) in [6.07, 6.45) is 0. The van der Waals surface area contributed by atoms with E-state index in [2.05, 4.69) is 15.9 Å². The molecule has 0 bridgehead atoms. The Labute approximate surface area is 112 Å². The molecule has 17 heavy (non-hydrogen) atoms. The zero-order valence-corrected chi connectivity index (χ0v) is 11.5. The highest BCUT2D eigenvalue weighted by atomic mass is 79.9. The average molecular weight is 321 g/mol. The van der Waals surface area contributed by atoms with Gasteiger partial charge in [-0.3, -0.25) is 4.79 Å². The van der Waals surface area contributed by atoms with Gasteiger partial charge in [-0.25, -0.2) is 0 Å². The molecule has 1 aromatic rings. The Bertz CT molecular complexity index is 465. The van der Waals surface area contributed by atoms with Crippen LogP contribution in [0.5, 0.6) is 5.75 Å². The maximum atomic E-state index is 11.5. The molecule has 1 aromatic carbocycles. The number of carbonyl (C=O) groups excluding carboxylic acids is 2. The van der Waals surface area contributed by atoms with E-state index in [1.807, 2.05) is 0 Å². The van der Waals surface area contributed by atoms with E-state index in [1.165, 1.54) is 18.2 Å². The van der Waals surface area contributed by atoms with E-state index in [0.717, 1.165) is 0 Å². The van der Waals surface area contributed by atoms with E-state index in [1.54, 1.807) is 13.8 Å². The van der Waals surface area contributed by atoms with Gasteiger partial charge >= 0.3 is 5.97 Å². The second-order valence-corrected chi connectivity index (χ2v) is 6.18. The molecule has 0 aliphatic carbocycles. The number of carboxylic acids is 1. The summed E-state index contributed by atoms with van der Waals surface area (Å²) in [5.41, 5.74) is -0.149. The first kappa shape index (κ1) is 14.0. The minimum atomic E-state index is -1.38. The average Bonchev–Trinajstić information content (AvgIpc) is 2.15. The molecule has 0 aliphatic rings. The van der Waals surface area contributed by atoms with E-state index in [0.29, 0.717) is 0 Å². The Morgan fingerprint density at radius 2 is 2.00 bits per heavy atom. The van der Waals surface area contributed by atoms with Crippen molar-refractivity contribution < 1.29 is 19.4 Å². The summed E-state index contributed by atoms with van der Waals surface area (Å²) in [5, 5.41) is 10.6. The van der Waals surface area contributed by atoms with Crippen molar-refractivity contribution in [1.82, 2.24) is 0 Å². The first-order valence-electron chi connectivity index (χ1n) is 4.64. The third-order valence-corrected chi connectivity index (χ3v) is 2.49. The molecule has 0 fully saturated rings. The summed E-state index contributed by atoms with van der Waals surface area (Å²) in [7, 11) is 0. The highest BCUT2D eigenvalue weighted by Crippen LogP contribution is 2.25. The van der Waals surface area contributed by atoms with Gasteiger partial charge in [-0.1, -0.05) is 27.5 Å². The van der Waals surface area contributed by atoms with Gasteiger partial charge < -0.3 is 14.6 Å². The highest BCUT2D eigenvalue weighted by molar-refractivity contribution is 9.10. The molecule has 1 rings (SSSR count). The van der Waals surface area contributed by atoms with E-state index in [-0.39, 0.29) is 16.3 Å². The minimum absolute atomic E-state index is 0.0392. The summed E-state index contributed by atoms with van der Waals surface area (Å²) < 4.78 is 4.18. The molecule has 0 N–H and O–H groups in total. The molecule has 4 nitrogen and oxygen atoms in total. The minimum Gasteiger partial charge on any atom is -0.545 e. The SMILES string of the molecule is CC(C)(Br)C(=O)Oc1ccc(C(=O)[O-])c(Cl)c1. The molecule has 0 amide bonds. The van der Waals surface area contributed by atoms with Crippen molar-refractivity contribution in [2.75, 3.05) is 0 Å². The molecule has 0 heterocycles. The number of hydrogen-bond acceptors (Lipinski definition) is 4. The number of esters is 1. The van der Waals surface area contributed by atoms with Crippen LogP contribution in [0.15, 0.2) is 18.2 Å². The Hall–Kier alpha value is -1.07. The smallest absolute Gasteiger partial charge is 0.327 e. The highest BCUT2D eigenvalue weighted by Gasteiger charge is 2.26. The van der Waals surface area contributed by atoms with Crippen LogP contribution in [0.4, 0.5) is 0 Å². The van der Waals surface area contributed by atoms with Crippen LogP contribution in [0.3, 0.4) is 0 Å². The Morgan fingerprint density at radius 1 is 1.41 bits per heavy atom. The normalized spacial score (nSPS) is 11.1. The number of hydrogen-bond donors (Lipinski definition) is 0. The molecule has 0 saturated carbocycles. The van der Waals surface area contributed by atoms with Crippen LogP contribution >= 0.6 is 27.5 Å².